The minimum absolute atomic E-state index is 0.0189. The van der Waals surface area contributed by atoms with Crippen molar-refractivity contribution in [2.75, 3.05) is 6.54 Å². The van der Waals surface area contributed by atoms with Gasteiger partial charge in [0, 0.05) is 12.6 Å². The molecule has 1 saturated heterocycles. The van der Waals surface area contributed by atoms with Crippen molar-refractivity contribution in [2.45, 2.75) is 37.6 Å². The molecule has 100 valence electrons. The van der Waals surface area contributed by atoms with Crippen LogP contribution >= 0.6 is 0 Å². The Morgan fingerprint density at radius 3 is 2.61 bits per heavy atom. The smallest absolute Gasteiger partial charge is 0.207 e. The van der Waals surface area contributed by atoms with Gasteiger partial charge in [0.2, 0.25) is 10.0 Å². The van der Waals surface area contributed by atoms with Gasteiger partial charge >= 0.3 is 0 Å². The number of halogens is 1. The zero-order chi connectivity index (χ0) is 13.3. The van der Waals surface area contributed by atoms with Crippen molar-refractivity contribution in [3.05, 3.63) is 30.1 Å². The van der Waals surface area contributed by atoms with E-state index >= 15 is 0 Å². The maximum atomic E-state index is 13.7. The van der Waals surface area contributed by atoms with Gasteiger partial charge in [0.15, 0.2) is 0 Å². The summed E-state index contributed by atoms with van der Waals surface area (Å²) in [6.07, 6.45) is 1.70. The van der Waals surface area contributed by atoms with Crippen molar-refractivity contribution in [3.8, 4) is 0 Å². The lowest BCUT2D eigenvalue weighted by atomic mass is 10.0. The lowest BCUT2D eigenvalue weighted by Crippen LogP contribution is -2.38. The first kappa shape index (κ1) is 13.5. The monoisotopic (exact) mass is 271 g/mol. The molecule has 0 aliphatic carbocycles. The molecular formula is C13H18FNO2S. The second-order valence-electron chi connectivity index (χ2n) is 5.00. The Kier molecular flexibility index (Phi) is 3.73. The third kappa shape index (κ3) is 2.29. The molecule has 0 bridgehead atoms. The van der Waals surface area contributed by atoms with Gasteiger partial charge in [-0.2, -0.15) is 4.31 Å². The first-order valence-electron chi connectivity index (χ1n) is 6.21. The molecule has 0 N–H and O–H groups in total. The van der Waals surface area contributed by atoms with Crippen LogP contribution in [0.5, 0.6) is 0 Å². The van der Waals surface area contributed by atoms with Gasteiger partial charge in [-0.15, -0.1) is 0 Å². The van der Waals surface area contributed by atoms with E-state index in [4.69, 9.17) is 0 Å². The molecule has 0 radical (unpaired) electrons. The average Bonchev–Trinajstić information content (AvgIpc) is 2.78. The third-order valence-electron chi connectivity index (χ3n) is 3.44. The topological polar surface area (TPSA) is 37.4 Å². The van der Waals surface area contributed by atoms with Gasteiger partial charge in [-0.25, -0.2) is 12.8 Å². The molecule has 0 aromatic heterocycles. The summed E-state index contributed by atoms with van der Waals surface area (Å²) in [7, 11) is -3.71. The molecule has 1 heterocycles. The molecule has 1 fully saturated rings. The number of sulfonamides is 1. The number of benzene rings is 1. The Morgan fingerprint density at radius 1 is 1.33 bits per heavy atom. The number of nitrogens with zero attached hydrogens (tertiary/aromatic N) is 1. The van der Waals surface area contributed by atoms with Gasteiger partial charge < -0.3 is 0 Å². The fourth-order valence-electron chi connectivity index (χ4n) is 2.51. The number of hydrogen-bond acceptors (Lipinski definition) is 2. The highest BCUT2D eigenvalue weighted by Gasteiger charge is 2.37. The average molecular weight is 271 g/mol. The molecular weight excluding hydrogens is 253 g/mol. The minimum atomic E-state index is -3.71. The normalized spacial score (nSPS) is 21.7. The quantitative estimate of drug-likeness (QED) is 0.847. The van der Waals surface area contributed by atoms with E-state index in [9.17, 15) is 12.8 Å². The zero-order valence-electron chi connectivity index (χ0n) is 10.6. The van der Waals surface area contributed by atoms with Crippen molar-refractivity contribution < 1.29 is 12.8 Å². The second kappa shape index (κ2) is 4.97. The van der Waals surface area contributed by atoms with E-state index in [2.05, 4.69) is 0 Å². The van der Waals surface area contributed by atoms with Crippen molar-refractivity contribution in [2.24, 2.45) is 5.92 Å². The van der Waals surface area contributed by atoms with Gasteiger partial charge in [0.1, 0.15) is 10.7 Å². The second-order valence-corrected chi connectivity index (χ2v) is 6.86. The molecule has 18 heavy (non-hydrogen) atoms. The van der Waals surface area contributed by atoms with Crippen molar-refractivity contribution in [1.29, 1.82) is 0 Å². The predicted molar refractivity (Wildman–Crippen MR) is 68.2 cm³/mol. The van der Waals surface area contributed by atoms with Crippen LogP contribution in [-0.2, 0) is 10.0 Å². The van der Waals surface area contributed by atoms with Gasteiger partial charge in [-0.1, -0.05) is 26.0 Å². The number of hydrogen-bond donors (Lipinski definition) is 0. The van der Waals surface area contributed by atoms with Crippen molar-refractivity contribution >= 4 is 10.0 Å². The molecule has 1 aromatic rings. The number of rotatable bonds is 3. The lowest BCUT2D eigenvalue weighted by molar-refractivity contribution is 0.314. The van der Waals surface area contributed by atoms with Gasteiger partial charge in [0.25, 0.3) is 0 Å². The van der Waals surface area contributed by atoms with Crippen LogP contribution in [0.4, 0.5) is 4.39 Å². The van der Waals surface area contributed by atoms with E-state index in [0.29, 0.717) is 6.54 Å². The summed E-state index contributed by atoms with van der Waals surface area (Å²) in [6, 6.07) is 5.55. The zero-order valence-corrected chi connectivity index (χ0v) is 11.5. The summed E-state index contributed by atoms with van der Waals surface area (Å²) in [5.74, 6) is -0.430. The summed E-state index contributed by atoms with van der Waals surface area (Å²) in [5.41, 5.74) is 0. The summed E-state index contributed by atoms with van der Waals surface area (Å²) >= 11 is 0. The Morgan fingerprint density at radius 2 is 2.00 bits per heavy atom. The van der Waals surface area contributed by atoms with Crippen LogP contribution in [0.2, 0.25) is 0 Å². The molecule has 5 heteroatoms. The molecule has 1 unspecified atom stereocenters. The maximum absolute atomic E-state index is 13.7. The predicted octanol–water partition coefficient (Wildman–Crippen LogP) is 2.63. The molecule has 0 amide bonds. The highest BCUT2D eigenvalue weighted by molar-refractivity contribution is 7.89. The molecule has 3 nitrogen and oxygen atoms in total. The first-order chi connectivity index (χ1) is 8.44. The van der Waals surface area contributed by atoms with Crippen molar-refractivity contribution in [3.63, 3.8) is 0 Å². The summed E-state index contributed by atoms with van der Waals surface area (Å²) in [5, 5.41) is 0. The Balaban J connectivity index is 2.40. The third-order valence-corrected chi connectivity index (χ3v) is 5.40. The Labute approximate surface area is 108 Å². The minimum Gasteiger partial charge on any atom is -0.207 e. The lowest BCUT2D eigenvalue weighted by Gasteiger charge is -2.27. The summed E-state index contributed by atoms with van der Waals surface area (Å²) in [4.78, 5) is -0.211. The summed E-state index contributed by atoms with van der Waals surface area (Å²) in [6.45, 7) is 4.49. The van der Waals surface area contributed by atoms with Gasteiger partial charge in [-0.3, -0.25) is 0 Å². The van der Waals surface area contributed by atoms with Crippen LogP contribution in [0.25, 0.3) is 0 Å². The first-order valence-corrected chi connectivity index (χ1v) is 7.65. The van der Waals surface area contributed by atoms with Crippen LogP contribution < -0.4 is 0 Å². The van der Waals surface area contributed by atoms with Gasteiger partial charge in [0.05, 0.1) is 0 Å². The largest absolute Gasteiger partial charge is 0.246 e. The Hall–Kier alpha value is -0.940. The van der Waals surface area contributed by atoms with E-state index in [1.165, 1.54) is 22.5 Å². The highest BCUT2D eigenvalue weighted by atomic mass is 32.2. The SMILES string of the molecule is CC(C)C1CCCN1S(=O)(=O)c1ccccc1F. The molecule has 0 spiro atoms. The molecule has 1 atom stereocenters. The highest BCUT2D eigenvalue weighted by Crippen LogP contribution is 2.30. The standard InChI is InChI=1S/C13H18FNO2S/c1-10(2)12-7-5-9-15(12)18(16,17)13-8-4-3-6-11(13)14/h3-4,6,8,10,12H,5,7,9H2,1-2H3. The van der Waals surface area contributed by atoms with Crippen LogP contribution in [-0.4, -0.2) is 25.3 Å². The van der Waals surface area contributed by atoms with E-state index in [-0.39, 0.29) is 16.9 Å². The Bertz CT molecular complexity index is 528. The molecule has 2 rings (SSSR count). The van der Waals surface area contributed by atoms with Crippen LogP contribution in [0, 0.1) is 11.7 Å². The fourth-order valence-corrected chi connectivity index (χ4v) is 4.40. The van der Waals surface area contributed by atoms with E-state index in [0.717, 1.165) is 12.8 Å². The molecule has 1 aliphatic heterocycles. The molecule has 0 saturated carbocycles. The fraction of sp³-hybridized carbons (Fsp3) is 0.538. The summed E-state index contributed by atoms with van der Waals surface area (Å²) < 4.78 is 40.0. The van der Waals surface area contributed by atoms with Crippen LogP contribution in [0.1, 0.15) is 26.7 Å². The van der Waals surface area contributed by atoms with Crippen molar-refractivity contribution in [1.82, 2.24) is 4.31 Å². The molecule has 1 aliphatic rings. The van der Waals surface area contributed by atoms with E-state index < -0.39 is 15.8 Å². The maximum Gasteiger partial charge on any atom is 0.246 e. The molecule has 1 aromatic carbocycles. The van der Waals surface area contributed by atoms with Crippen LogP contribution in [0.15, 0.2) is 29.2 Å². The van der Waals surface area contributed by atoms with E-state index in [1.54, 1.807) is 6.07 Å². The van der Waals surface area contributed by atoms with Gasteiger partial charge in [-0.05, 0) is 30.9 Å². The van der Waals surface area contributed by atoms with E-state index in [1.807, 2.05) is 13.8 Å². The van der Waals surface area contributed by atoms with Crippen LogP contribution in [0.3, 0.4) is 0 Å².